The fourth-order valence-corrected chi connectivity index (χ4v) is 1.27. The first-order chi connectivity index (χ1) is 7.74. The normalized spacial score (nSPS) is 10.1. The van der Waals surface area contributed by atoms with Crippen LogP contribution in [0.3, 0.4) is 0 Å². The van der Waals surface area contributed by atoms with E-state index in [0.29, 0.717) is 30.6 Å². The van der Waals surface area contributed by atoms with Crippen molar-refractivity contribution in [2.45, 2.75) is 6.42 Å². The molecule has 0 spiro atoms. The van der Waals surface area contributed by atoms with E-state index in [-0.39, 0.29) is 5.28 Å². The number of nitrogens with zero attached hydrogens (tertiary/aromatic N) is 2. The maximum Gasteiger partial charge on any atom is 0.224 e. The van der Waals surface area contributed by atoms with E-state index in [4.69, 9.17) is 27.9 Å². The zero-order valence-electron chi connectivity index (χ0n) is 8.75. The van der Waals surface area contributed by atoms with Gasteiger partial charge in [0.1, 0.15) is 10.8 Å². The molecule has 0 radical (unpaired) electrons. The Morgan fingerprint density at radius 2 is 2.25 bits per heavy atom. The summed E-state index contributed by atoms with van der Waals surface area (Å²) in [6.07, 6.45) is 4.12. The highest BCUT2D eigenvalue weighted by atomic mass is 35.5. The van der Waals surface area contributed by atoms with E-state index in [1.54, 1.807) is 0 Å². The third-order valence-electron chi connectivity index (χ3n) is 1.72. The van der Waals surface area contributed by atoms with Gasteiger partial charge in [-0.25, -0.2) is 4.98 Å². The Kier molecular flexibility index (Phi) is 6.15. The molecule has 0 bridgehead atoms. The minimum absolute atomic E-state index is 0.166. The molecule has 1 aromatic heterocycles. The average Bonchev–Trinajstić information content (AvgIpc) is 2.28. The Labute approximate surface area is 105 Å². The van der Waals surface area contributed by atoms with Gasteiger partial charge >= 0.3 is 0 Å². The maximum atomic E-state index is 5.86. The standard InChI is InChI=1S/C10H13Cl2N3O/c1-2-3-5-16-6-4-13-9-8(11)7-14-10(12)15-9/h2,7H,1,3-6H2,(H,13,14,15). The minimum atomic E-state index is 0.166. The summed E-state index contributed by atoms with van der Waals surface area (Å²) in [4.78, 5) is 7.69. The van der Waals surface area contributed by atoms with Gasteiger partial charge in [-0.15, -0.1) is 6.58 Å². The van der Waals surface area contributed by atoms with Crippen LogP contribution in [-0.4, -0.2) is 29.7 Å². The lowest BCUT2D eigenvalue weighted by Crippen LogP contribution is -2.11. The van der Waals surface area contributed by atoms with Crippen molar-refractivity contribution >= 4 is 29.0 Å². The molecule has 0 saturated heterocycles. The first-order valence-corrected chi connectivity index (χ1v) is 5.60. The van der Waals surface area contributed by atoms with Gasteiger partial charge in [-0.3, -0.25) is 0 Å². The summed E-state index contributed by atoms with van der Waals surface area (Å²) in [6, 6.07) is 0. The van der Waals surface area contributed by atoms with Crippen LogP contribution in [0.2, 0.25) is 10.3 Å². The van der Waals surface area contributed by atoms with Crippen molar-refractivity contribution in [3.05, 3.63) is 29.2 Å². The second-order valence-corrected chi connectivity index (χ2v) is 3.70. The van der Waals surface area contributed by atoms with Crippen molar-refractivity contribution in [2.24, 2.45) is 0 Å². The lowest BCUT2D eigenvalue weighted by Gasteiger charge is -2.07. The fraction of sp³-hybridized carbons (Fsp3) is 0.400. The zero-order chi connectivity index (χ0) is 11.8. The summed E-state index contributed by atoms with van der Waals surface area (Å²) in [5.74, 6) is 0.522. The van der Waals surface area contributed by atoms with Crippen molar-refractivity contribution in [1.82, 2.24) is 9.97 Å². The molecule has 88 valence electrons. The van der Waals surface area contributed by atoms with Gasteiger partial charge in [0.05, 0.1) is 19.4 Å². The summed E-state index contributed by atoms with van der Waals surface area (Å²) in [7, 11) is 0. The van der Waals surface area contributed by atoms with E-state index in [2.05, 4.69) is 21.9 Å². The lowest BCUT2D eigenvalue weighted by atomic mass is 10.4. The van der Waals surface area contributed by atoms with Crippen molar-refractivity contribution in [1.29, 1.82) is 0 Å². The van der Waals surface area contributed by atoms with Crippen LogP contribution in [-0.2, 0) is 4.74 Å². The molecule has 0 fully saturated rings. The Balaban J connectivity index is 2.26. The second kappa shape index (κ2) is 7.44. The van der Waals surface area contributed by atoms with Crippen LogP contribution in [0, 0.1) is 0 Å². The zero-order valence-corrected chi connectivity index (χ0v) is 10.3. The molecule has 16 heavy (non-hydrogen) atoms. The van der Waals surface area contributed by atoms with Crippen molar-refractivity contribution in [3.8, 4) is 0 Å². The van der Waals surface area contributed by atoms with Gasteiger partial charge in [-0.1, -0.05) is 17.7 Å². The van der Waals surface area contributed by atoms with Crippen LogP contribution in [0.15, 0.2) is 18.9 Å². The molecule has 0 aliphatic carbocycles. The topological polar surface area (TPSA) is 47.0 Å². The summed E-state index contributed by atoms with van der Waals surface area (Å²) in [6.45, 7) is 5.46. The predicted octanol–water partition coefficient (Wildman–Crippen LogP) is 2.79. The fourth-order valence-electron chi connectivity index (χ4n) is 0.980. The molecule has 4 nitrogen and oxygen atoms in total. The lowest BCUT2D eigenvalue weighted by molar-refractivity contribution is 0.149. The van der Waals surface area contributed by atoms with Gasteiger partial charge in [-0.2, -0.15) is 4.98 Å². The molecule has 0 amide bonds. The van der Waals surface area contributed by atoms with Crippen LogP contribution in [0.25, 0.3) is 0 Å². The summed E-state index contributed by atoms with van der Waals surface area (Å²) in [5.41, 5.74) is 0. The minimum Gasteiger partial charge on any atom is -0.379 e. The third kappa shape index (κ3) is 4.79. The molecule has 1 rings (SSSR count). The first kappa shape index (κ1) is 13.2. The monoisotopic (exact) mass is 261 g/mol. The van der Waals surface area contributed by atoms with Crippen LogP contribution >= 0.6 is 23.2 Å². The van der Waals surface area contributed by atoms with Crippen molar-refractivity contribution in [2.75, 3.05) is 25.1 Å². The number of nitrogens with one attached hydrogen (secondary N) is 1. The average molecular weight is 262 g/mol. The van der Waals surface area contributed by atoms with Crippen molar-refractivity contribution in [3.63, 3.8) is 0 Å². The molecule has 0 aliphatic rings. The number of rotatable bonds is 7. The van der Waals surface area contributed by atoms with Crippen molar-refractivity contribution < 1.29 is 4.74 Å². The maximum absolute atomic E-state index is 5.86. The Morgan fingerprint density at radius 3 is 3.00 bits per heavy atom. The molecule has 0 saturated carbocycles. The molecular weight excluding hydrogens is 249 g/mol. The highest BCUT2D eigenvalue weighted by Gasteiger charge is 2.02. The third-order valence-corrected chi connectivity index (χ3v) is 2.18. The SMILES string of the molecule is C=CCCOCCNc1nc(Cl)ncc1Cl. The number of hydrogen-bond acceptors (Lipinski definition) is 4. The molecule has 0 unspecified atom stereocenters. The van der Waals surface area contributed by atoms with Gasteiger partial charge in [0.25, 0.3) is 0 Å². The van der Waals surface area contributed by atoms with E-state index < -0.39 is 0 Å². The quantitative estimate of drug-likeness (QED) is 0.466. The Morgan fingerprint density at radius 1 is 1.44 bits per heavy atom. The first-order valence-electron chi connectivity index (χ1n) is 4.84. The van der Waals surface area contributed by atoms with E-state index >= 15 is 0 Å². The van der Waals surface area contributed by atoms with E-state index in [1.807, 2.05) is 6.08 Å². The molecule has 0 atom stereocenters. The van der Waals surface area contributed by atoms with Gasteiger partial charge in [0.2, 0.25) is 5.28 Å². The summed E-state index contributed by atoms with van der Waals surface area (Å²) in [5, 5.41) is 3.62. The van der Waals surface area contributed by atoms with Gasteiger partial charge in [0.15, 0.2) is 0 Å². The highest BCUT2D eigenvalue weighted by molar-refractivity contribution is 6.33. The number of hydrogen-bond donors (Lipinski definition) is 1. The van der Waals surface area contributed by atoms with E-state index in [9.17, 15) is 0 Å². The van der Waals surface area contributed by atoms with E-state index in [0.717, 1.165) is 6.42 Å². The van der Waals surface area contributed by atoms with Crippen LogP contribution in [0.5, 0.6) is 0 Å². The Bertz CT molecular complexity index is 347. The molecule has 0 aromatic carbocycles. The smallest absolute Gasteiger partial charge is 0.224 e. The van der Waals surface area contributed by atoms with Gasteiger partial charge in [-0.05, 0) is 18.0 Å². The van der Waals surface area contributed by atoms with E-state index in [1.165, 1.54) is 6.20 Å². The summed E-state index contributed by atoms with van der Waals surface area (Å²) < 4.78 is 5.31. The molecular formula is C10H13Cl2N3O. The number of ether oxygens (including phenoxy) is 1. The number of aromatic nitrogens is 2. The number of anilines is 1. The summed E-state index contributed by atoms with van der Waals surface area (Å²) >= 11 is 11.5. The molecule has 1 N–H and O–H groups in total. The molecule has 1 aromatic rings. The Hall–Kier alpha value is -0.840. The highest BCUT2D eigenvalue weighted by Crippen LogP contribution is 2.18. The molecule has 0 aliphatic heterocycles. The number of halogens is 2. The van der Waals surface area contributed by atoms with Gasteiger partial charge < -0.3 is 10.1 Å². The van der Waals surface area contributed by atoms with Gasteiger partial charge in [0, 0.05) is 6.54 Å². The molecule has 1 heterocycles. The van der Waals surface area contributed by atoms with Crippen LogP contribution < -0.4 is 5.32 Å². The largest absolute Gasteiger partial charge is 0.379 e. The predicted molar refractivity (Wildman–Crippen MR) is 66.2 cm³/mol. The molecule has 6 heteroatoms. The second-order valence-electron chi connectivity index (χ2n) is 2.95. The van der Waals surface area contributed by atoms with Crippen LogP contribution in [0.4, 0.5) is 5.82 Å². The van der Waals surface area contributed by atoms with Crippen LogP contribution in [0.1, 0.15) is 6.42 Å².